The highest BCUT2D eigenvalue weighted by atomic mass is 16.3. The van der Waals surface area contributed by atoms with Crippen LogP contribution in [0, 0.1) is 11.3 Å². The van der Waals surface area contributed by atoms with Gasteiger partial charge in [0.05, 0.1) is 18.2 Å². The quantitative estimate of drug-likeness (QED) is 0.435. The van der Waals surface area contributed by atoms with Gasteiger partial charge in [0.1, 0.15) is 11.4 Å². The highest BCUT2D eigenvalue weighted by Gasteiger charge is 2.06. The second kappa shape index (κ2) is 8.13. The minimum Gasteiger partial charge on any atom is -0.506 e. The molecule has 26 heavy (non-hydrogen) atoms. The summed E-state index contributed by atoms with van der Waals surface area (Å²) in [5.74, 6) is 0.109. The fourth-order valence-electron chi connectivity index (χ4n) is 2.82. The van der Waals surface area contributed by atoms with Gasteiger partial charge in [0, 0.05) is 17.6 Å². The SMILES string of the molecule is CCc1cc(N=Nc2c(O)ccc3ccccc23)ccc1NCCC#N. The largest absolute Gasteiger partial charge is 0.506 e. The van der Waals surface area contributed by atoms with Crippen molar-refractivity contribution in [3.8, 4) is 11.8 Å². The lowest BCUT2D eigenvalue weighted by Gasteiger charge is -2.10. The first kappa shape index (κ1) is 17.4. The van der Waals surface area contributed by atoms with Gasteiger partial charge in [-0.1, -0.05) is 37.3 Å². The smallest absolute Gasteiger partial charge is 0.143 e. The van der Waals surface area contributed by atoms with E-state index in [-0.39, 0.29) is 5.75 Å². The third-order valence-electron chi connectivity index (χ3n) is 4.17. The molecule has 5 nitrogen and oxygen atoms in total. The Bertz CT molecular complexity index is 989. The molecular formula is C21H20N4O. The van der Waals surface area contributed by atoms with Gasteiger partial charge in [-0.05, 0) is 41.6 Å². The summed E-state index contributed by atoms with van der Waals surface area (Å²) in [7, 11) is 0. The number of fused-ring (bicyclic) bond motifs is 1. The van der Waals surface area contributed by atoms with Crippen LogP contribution in [0.1, 0.15) is 18.9 Å². The lowest BCUT2D eigenvalue weighted by Crippen LogP contribution is -2.02. The molecule has 0 atom stereocenters. The molecule has 0 aromatic heterocycles. The minimum absolute atomic E-state index is 0.109. The van der Waals surface area contributed by atoms with Crippen LogP contribution in [0.2, 0.25) is 0 Å². The Morgan fingerprint density at radius 3 is 2.73 bits per heavy atom. The minimum atomic E-state index is 0.109. The number of phenols is 1. The number of anilines is 1. The Balaban J connectivity index is 1.89. The molecule has 3 aromatic rings. The van der Waals surface area contributed by atoms with Crippen LogP contribution in [0.15, 0.2) is 64.8 Å². The molecule has 0 heterocycles. The van der Waals surface area contributed by atoms with Crippen LogP contribution in [0.4, 0.5) is 17.1 Å². The number of nitrogens with one attached hydrogen (secondary N) is 1. The molecule has 3 rings (SSSR count). The number of azo groups is 1. The molecule has 0 aliphatic carbocycles. The van der Waals surface area contributed by atoms with Crippen molar-refractivity contribution in [1.82, 2.24) is 0 Å². The zero-order valence-electron chi connectivity index (χ0n) is 14.6. The standard InChI is InChI=1S/C21H20N4O/c1-2-15-14-17(9-10-19(15)23-13-5-12-22)24-25-21-18-7-4-3-6-16(18)8-11-20(21)26/h3-4,6-11,14,23,26H,2,5,13H2,1H3. The summed E-state index contributed by atoms with van der Waals surface area (Å²) in [5.41, 5.74) is 3.31. The van der Waals surface area contributed by atoms with Gasteiger partial charge in [0.15, 0.2) is 0 Å². The van der Waals surface area contributed by atoms with E-state index >= 15 is 0 Å². The van der Waals surface area contributed by atoms with Crippen molar-refractivity contribution in [2.45, 2.75) is 19.8 Å². The predicted octanol–water partition coefficient (Wildman–Crippen LogP) is 5.85. The zero-order chi connectivity index (χ0) is 18.4. The molecule has 0 amide bonds. The number of hydrogen-bond donors (Lipinski definition) is 2. The van der Waals surface area contributed by atoms with Crippen molar-refractivity contribution in [3.63, 3.8) is 0 Å². The molecule has 0 saturated carbocycles. The summed E-state index contributed by atoms with van der Waals surface area (Å²) in [4.78, 5) is 0. The summed E-state index contributed by atoms with van der Waals surface area (Å²) in [5, 5.41) is 32.6. The van der Waals surface area contributed by atoms with Gasteiger partial charge in [-0.15, -0.1) is 5.11 Å². The maximum Gasteiger partial charge on any atom is 0.143 e. The summed E-state index contributed by atoms with van der Waals surface area (Å²) < 4.78 is 0. The third-order valence-corrected chi connectivity index (χ3v) is 4.17. The lowest BCUT2D eigenvalue weighted by molar-refractivity contribution is 0.477. The molecule has 0 fully saturated rings. The number of phenolic OH excluding ortho intramolecular Hbond substituents is 1. The van der Waals surface area contributed by atoms with E-state index in [4.69, 9.17) is 5.26 Å². The first-order chi connectivity index (χ1) is 12.7. The fourth-order valence-corrected chi connectivity index (χ4v) is 2.82. The lowest BCUT2D eigenvalue weighted by atomic mass is 10.1. The summed E-state index contributed by atoms with van der Waals surface area (Å²) in [6, 6.07) is 19.2. The maximum atomic E-state index is 10.2. The normalized spacial score (nSPS) is 10.9. The number of nitriles is 1. The Labute approximate surface area is 152 Å². The van der Waals surface area contributed by atoms with Crippen LogP contribution < -0.4 is 5.32 Å². The molecule has 0 bridgehead atoms. The van der Waals surface area contributed by atoms with Crippen LogP contribution in [-0.4, -0.2) is 11.7 Å². The fraction of sp³-hybridized carbons (Fsp3) is 0.190. The van der Waals surface area contributed by atoms with E-state index in [9.17, 15) is 5.11 Å². The Morgan fingerprint density at radius 1 is 1.08 bits per heavy atom. The Kier molecular flexibility index (Phi) is 5.45. The van der Waals surface area contributed by atoms with E-state index in [2.05, 4.69) is 28.5 Å². The van der Waals surface area contributed by atoms with E-state index in [1.54, 1.807) is 6.07 Å². The number of hydrogen-bond acceptors (Lipinski definition) is 5. The highest BCUT2D eigenvalue weighted by Crippen LogP contribution is 2.36. The Morgan fingerprint density at radius 2 is 1.92 bits per heavy atom. The molecule has 0 aliphatic heterocycles. The van der Waals surface area contributed by atoms with Crippen molar-refractivity contribution in [2.75, 3.05) is 11.9 Å². The van der Waals surface area contributed by atoms with Crippen molar-refractivity contribution >= 4 is 27.8 Å². The maximum absolute atomic E-state index is 10.2. The average Bonchev–Trinajstić information content (AvgIpc) is 2.68. The predicted molar refractivity (Wildman–Crippen MR) is 104 cm³/mol. The first-order valence-electron chi connectivity index (χ1n) is 8.59. The number of aromatic hydroxyl groups is 1. The first-order valence-corrected chi connectivity index (χ1v) is 8.59. The molecule has 0 saturated heterocycles. The number of benzene rings is 3. The van der Waals surface area contributed by atoms with Gasteiger partial charge in [-0.3, -0.25) is 0 Å². The van der Waals surface area contributed by atoms with Crippen molar-refractivity contribution in [1.29, 1.82) is 5.26 Å². The van der Waals surface area contributed by atoms with Crippen molar-refractivity contribution in [3.05, 3.63) is 60.2 Å². The van der Waals surface area contributed by atoms with Crippen LogP contribution in [0.3, 0.4) is 0 Å². The molecule has 3 aromatic carbocycles. The molecule has 0 unspecified atom stereocenters. The van der Waals surface area contributed by atoms with Gasteiger partial charge in [-0.25, -0.2) is 0 Å². The summed E-state index contributed by atoms with van der Waals surface area (Å²) in [6.45, 7) is 2.69. The molecule has 130 valence electrons. The monoisotopic (exact) mass is 344 g/mol. The van der Waals surface area contributed by atoms with Crippen LogP contribution in [-0.2, 0) is 6.42 Å². The molecule has 0 spiro atoms. The average molecular weight is 344 g/mol. The number of rotatable bonds is 6. The number of nitrogens with zero attached hydrogens (tertiary/aromatic N) is 3. The summed E-state index contributed by atoms with van der Waals surface area (Å²) in [6.07, 6.45) is 1.31. The van der Waals surface area contributed by atoms with Gasteiger partial charge in [-0.2, -0.15) is 10.4 Å². The van der Waals surface area contributed by atoms with Gasteiger partial charge >= 0.3 is 0 Å². The van der Waals surface area contributed by atoms with Crippen LogP contribution in [0.5, 0.6) is 5.75 Å². The van der Waals surface area contributed by atoms with Crippen molar-refractivity contribution < 1.29 is 5.11 Å². The highest BCUT2D eigenvalue weighted by molar-refractivity contribution is 5.95. The van der Waals surface area contributed by atoms with E-state index in [1.165, 1.54) is 0 Å². The van der Waals surface area contributed by atoms with Gasteiger partial charge in [0.25, 0.3) is 0 Å². The Hall–Kier alpha value is -3.39. The van der Waals surface area contributed by atoms with Crippen LogP contribution >= 0.6 is 0 Å². The van der Waals surface area contributed by atoms with E-state index in [0.717, 1.165) is 34.1 Å². The molecular weight excluding hydrogens is 324 g/mol. The van der Waals surface area contributed by atoms with Crippen molar-refractivity contribution in [2.24, 2.45) is 10.2 Å². The van der Waals surface area contributed by atoms with E-state index in [1.807, 2.05) is 48.5 Å². The summed E-state index contributed by atoms with van der Waals surface area (Å²) >= 11 is 0. The molecule has 0 aliphatic rings. The van der Waals surface area contributed by atoms with Gasteiger partial charge in [0.2, 0.25) is 0 Å². The molecule has 5 heteroatoms. The zero-order valence-corrected chi connectivity index (χ0v) is 14.6. The van der Waals surface area contributed by atoms with Crippen LogP contribution in [0.25, 0.3) is 10.8 Å². The second-order valence-corrected chi connectivity index (χ2v) is 5.88. The second-order valence-electron chi connectivity index (χ2n) is 5.88. The molecule has 2 N–H and O–H groups in total. The van der Waals surface area contributed by atoms with E-state index < -0.39 is 0 Å². The van der Waals surface area contributed by atoms with E-state index in [0.29, 0.717) is 18.7 Å². The molecule has 0 radical (unpaired) electrons. The third kappa shape index (κ3) is 3.81. The number of aryl methyl sites for hydroxylation is 1. The topological polar surface area (TPSA) is 80.8 Å². The van der Waals surface area contributed by atoms with Gasteiger partial charge < -0.3 is 10.4 Å².